The molecule has 76 valence electrons. The first-order valence-corrected chi connectivity index (χ1v) is 6.33. The Morgan fingerprint density at radius 2 is 2.38 bits per heavy atom. The molecule has 0 aromatic rings. The number of hydrogen-bond donors (Lipinski definition) is 1. The van der Waals surface area contributed by atoms with Gasteiger partial charge < -0.3 is 5.32 Å². The van der Waals surface area contributed by atoms with Crippen molar-refractivity contribution in [2.45, 2.75) is 32.7 Å². The lowest BCUT2D eigenvalue weighted by Gasteiger charge is -2.20. The SMILES string of the molecule is CNC(C)/C(C)=C/C1CCCSC1. The van der Waals surface area contributed by atoms with Crippen LogP contribution in [0.5, 0.6) is 0 Å². The van der Waals surface area contributed by atoms with Crippen LogP contribution < -0.4 is 5.32 Å². The monoisotopic (exact) mass is 199 g/mol. The summed E-state index contributed by atoms with van der Waals surface area (Å²) in [5.41, 5.74) is 1.50. The molecule has 1 N–H and O–H groups in total. The van der Waals surface area contributed by atoms with Gasteiger partial charge in [0.1, 0.15) is 0 Å². The first-order chi connectivity index (χ1) is 6.24. The second-order valence-electron chi connectivity index (χ2n) is 3.90. The zero-order chi connectivity index (χ0) is 9.68. The van der Waals surface area contributed by atoms with Crippen molar-refractivity contribution >= 4 is 11.8 Å². The molecular weight excluding hydrogens is 178 g/mol. The molecule has 1 heterocycles. The van der Waals surface area contributed by atoms with Gasteiger partial charge in [-0.3, -0.25) is 0 Å². The van der Waals surface area contributed by atoms with E-state index in [1.54, 1.807) is 0 Å². The molecule has 0 amide bonds. The van der Waals surface area contributed by atoms with Crippen molar-refractivity contribution in [1.29, 1.82) is 0 Å². The molecule has 1 aliphatic rings. The van der Waals surface area contributed by atoms with Crippen LogP contribution in [0.25, 0.3) is 0 Å². The number of rotatable bonds is 3. The highest BCUT2D eigenvalue weighted by molar-refractivity contribution is 7.99. The predicted molar refractivity (Wildman–Crippen MR) is 62.3 cm³/mol. The number of thioether (sulfide) groups is 1. The number of nitrogens with one attached hydrogen (secondary N) is 1. The third kappa shape index (κ3) is 3.74. The fraction of sp³-hybridized carbons (Fsp3) is 0.818. The summed E-state index contributed by atoms with van der Waals surface area (Å²) < 4.78 is 0. The van der Waals surface area contributed by atoms with Crippen LogP contribution in [-0.2, 0) is 0 Å². The Balaban J connectivity index is 2.42. The van der Waals surface area contributed by atoms with E-state index in [0.717, 1.165) is 5.92 Å². The third-order valence-corrected chi connectivity index (χ3v) is 4.05. The van der Waals surface area contributed by atoms with Crippen molar-refractivity contribution in [2.24, 2.45) is 5.92 Å². The van der Waals surface area contributed by atoms with E-state index in [1.807, 2.05) is 7.05 Å². The molecule has 0 radical (unpaired) electrons. The summed E-state index contributed by atoms with van der Waals surface area (Å²) >= 11 is 2.10. The van der Waals surface area contributed by atoms with Crippen LogP contribution in [0.15, 0.2) is 11.6 Å². The predicted octanol–water partition coefficient (Wildman–Crippen LogP) is 2.68. The zero-order valence-electron chi connectivity index (χ0n) is 8.97. The van der Waals surface area contributed by atoms with Crippen LogP contribution in [0.3, 0.4) is 0 Å². The Kier molecular flexibility index (Phi) is 4.89. The van der Waals surface area contributed by atoms with E-state index in [0.29, 0.717) is 6.04 Å². The minimum Gasteiger partial charge on any atom is -0.314 e. The largest absolute Gasteiger partial charge is 0.314 e. The van der Waals surface area contributed by atoms with Crippen LogP contribution in [-0.4, -0.2) is 24.6 Å². The Hall–Kier alpha value is 0.0500. The molecule has 1 fully saturated rings. The topological polar surface area (TPSA) is 12.0 Å². The quantitative estimate of drug-likeness (QED) is 0.701. The summed E-state index contributed by atoms with van der Waals surface area (Å²) in [4.78, 5) is 0. The zero-order valence-corrected chi connectivity index (χ0v) is 9.79. The first-order valence-electron chi connectivity index (χ1n) is 5.17. The maximum absolute atomic E-state index is 3.28. The van der Waals surface area contributed by atoms with E-state index < -0.39 is 0 Å². The van der Waals surface area contributed by atoms with Crippen molar-refractivity contribution in [3.8, 4) is 0 Å². The molecule has 1 saturated heterocycles. The molecule has 0 spiro atoms. The molecule has 1 rings (SSSR count). The highest BCUT2D eigenvalue weighted by atomic mass is 32.2. The third-order valence-electron chi connectivity index (χ3n) is 2.81. The van der Waals surface area contributed by atoms with E-state index in [4.69, 9.17) is 0 Å². The van der Waals surface area contributed by atoms with E-state index in [2.05, 4.69) is 37.0 Å². The summed E-state index contributed by atoms with van der Waals surface area (Å²) in [5, 5.41) is 3.28. The number of allylic oxidation sites excluding steroid dienone is 1. The summed E-state index contributed by atoms with van der Waals surface area (Å²) in [7, 11) is 2.03. The van der Waals surface area contributed by atoms with Crippen LogP contribution in [0, 0.1) is 5.92 Å². The van der Waals surface area contributed by atoms with Crippen molar-refractivity contribution in [3.05, 3.63) is 11.6 Å². The van der Waals surface area contributed by atoms with Crippen molar-refractivity contribution < 1.29 is 0 Å². The summed E-state index contributed by atoms with van der Waals surface area (Å²) in [6.45, 7) is 4.46. The van der Waals surface area contributed by atoms with Gasteiger partial charge in [0.2, 0.25) is 0 Å². The standard InChI is InChI=1S/C11H21NS/c1-9(10(2)12-3)7-11-5-4-6-13-8-11/h7,10-12H,4-6,8H2,1-3H3/b9-7+. The van der Waals surface area contributed by atoms with Gasteiger partial charge in [-0.25, -0.2) is 0 Å². The van der Waals surface area contributed by atoms with E-state index in [1.165, 1.54) is 29.9 Å². The summed E-state index contributed by atoms with van der Waals surface area (Å²) in [6.07, 6.45) is 5.25. The van der Waals surface area contributed by atoms with Crippen molar-refractivity contribution in [3.63, 3.8) is 0 Å². The summed E-state index contributed by atoms with van der Waals surface area (Å²) in [5.74, 6) is 3.52. The Morgan fingerprint density at radius 3 is 2.92 bits per heavy atom. The molecule has 1 nitrogen and oxygen atoms in total. The van der Waals surface area contributed by atoms with Crippen molar-refractivity contribution in [1.82, 2.24) is 5.32 Å². The smallest absolute Gasteiger partial charge is 0.0245 e. The van der Waals surface area contributed by atoms with E-state index in [-0.39, 0.29) is 0 Å². The fourth-order valence-corrected chi connectivity index (χ4v) is 2.74. The maximum atomic E-state index is 3.28. The molecule has 0 bridgehead atoms. The second kappa shape index (κ2) is 5.71. The van der Waals surface area contributed by atoms with Gasteiger partial charge in [-0.05, 0) is 51.2 Å². The van der Waals surface area contributed by atoms with Crippen LogP contribution >= 0.6 is 11.8 Å². The number of hydrogen-bond acceptors (Lipinski definition) is 2. The van der Waals surface area contributed by atoms with Gasteiger partial charge in [0.25, 0.3) is 0 Å². The molecule has 2 atom stereocenters. The summed E-state index contributed by atoms with van der Waals surface area (Å²) in [6, 6.07) is 0.534. The Labute approximate surface area is 86.4 Å². The number of likely N-dealkylation sites (N-methyl/N-ethyl adjacent to an activating group) is 1. The van der Waals surface area contributed by atoms with Gasteiger partial charge in [-0.1, -0.05) is 11.6 Å². The molecule has 2 heteroatoms. The van der Waals surface area contributed by atoms with Gasteiger partial charge in [-0.2, -0.15) is 11.8 Å². The van der Waals surface area contributed by atoms with E-state index in [9.17, 15) is 0 Å². The van der Waals surface area contributed by atoms with Crippen molar-refractivity contribution in [2.75, 3.05) is 18.6 Å². The molecule has 1 aliphatic heterocycles. The highest BCUT2D eigenvalue weighted by Gasteiger charge is 2.12. The fourth-order valence-electron chi connectivity index (χ4n) is 1.64. The van der Waals surface area contributed by atoms with Gasteiger partial charge in [0.15, 0.2) is 0 Å². The average molecular weight is 199 g/mol. The van der Waals surface area contributed by atoms with Crippen LogP contribution in [0.2, 0.25) is 0 Å². The molecule has 0 aromatic carbocycles. The molecule has 2 unspecified atom stereocenters. The second-order valence-corrected chi connectivity index (χ2v) is 5.05. The first kappa shape index (κ1) is 11.1. The lowest BCUT2D eigenvalue weighted by atomic mass is 10.00. The highest BCUT2D eigenvalue weighted by Crippen LogP contribution is 2.24. The molecular formula is C11H21NS. The van der Waals surface area contributed by atoms with Crippen LogP contribution in [0.4, 0.5) is 0 Å². The molecule has 0 saturated carbocycles. The minimum atomic E-state index is 0.534. The minimum absolute atomic E-state index is 0.534. The Morgan fingerprint density at radius 1 is 1.62 bits per heavy atom. The average Bonchev–Trinajstić information content (AvgIpc) is 2.18. The lowest BCUT2D eigenvalue weighted by molar-refractivity contribution is 0.610. The lowest BCUT2D eigenvalue weighted by Crippen LogP contribution is -2.23. The van der Waals surface area contributed by atoms with Gasteiger partial charge in [0, 0.05) is 6.04 Å². The van der Waals surface area contributed by atoms with Gasteiger partial charge in [-0.15, -0.1) is 0 Å². The maximum Gasteiger partial charge on any atom is 0.0245 e. The van der Waals surface area contributed by atoms with Gasteiger partial charge >= 0.3 is 0 Å². The van der Waals surface area contributed by atoms with Gasteiger partial charge in [0.05, 0.1) is 0 Å². The molecule has 13 heavy (non-hydrogen) atoms. The molecule has 0 aromatic heterocycles. The molecule has 0 aliphatic carbocycles. The van der Waals surface area contributed by atoms with Crippen LogP contribution in [0.1, 0.15) is 26.7 Å². The Bertz CT molecular complexity index is 171. The van der Waals surface area contributed by atoms with E-state index >= 15 is 0 Å². The normalized spacial score (nSPS) is 27.3.